The molecule has 0 unspecified atom stereocenters. The Kier molecular flexibility index (Phi) is 2.87. The number of rotatable bonds is 1. The number of aryl methyl sites for hydroxylation is 1. The first-order valence-electron chi connectivity index (χ1n) is 6.28. The van der Waals surface area contributed by atoms with E-state index in [4.69, 9.17) is 5.73 Å². The van der Waals surface area contributed by atoms with Crippen LogP contribution in [0.2, 0.25) is 0 Å². The molecule has 2 N–H and O–H groups in total. The van der Waals surface area contributed by atoms with Gasteiger partial charge in [-0.1, -0.05) is 0 Å². The van der Waals surface area contributed by atoms with Crippen molar-refractivity contribution in [2.24, 2.45) is 0 Å². The molecule has 0 saturated carbocycles. The Morgan fingerprint density at radius 2 is 2.05 bits per heavy atom. The van der Waals surface area contributed by atoms with E-state index in [1.165, 1.54) is 12.1 Å². The zero-order chi connectivity index (χ0) is 14.3. The molecule has 20 heavy (non-hydrogen) atoms. The summed E-state index contributed by atoms with van der Waals surface area (Å²) in [7, 11) is 0. The fourth-order valence-corrected chi connectivity index (χ4v) is 2.70. The standard InChI is InChI=1S/C15H11F2N3/c16-8-4-5-9(12(17)6-8)14-10-2-1-3-13(10)20-15(19)11(14)7-18/h4-6H,1-3H2,(H2,19,20). The molecule has 1 aromatic heterocycles. The molecule has 0 amide bonds. The molecular formula is C15H11F2N3. The number of nitrogen functional groups attached to an aromatic ring is 1. The summed E-state index contributed by atoms with van der Waals surface area (Å²) in [4.78, 5) is 4.22. The first-order chi connectivity index (χ1) is 9.61. The first-order valence-corrected chi connectivity index (χ1v) is 6.28. The number of aromatic nitrogens is 1. The number of nitriles is 1. The van der Waals surface area contributed by atoms with Gasteiger partial charge in [-0.25, -0.2) is 13.8 Å². The lowest BCUT2D eigenvalue weighted by atomic mass is 9.94. The molecule has 5 heteroatoms. The molecule has 0 saturated heterocycles. The minimum Gasteiger partial charge on any atom is -0.383 e. The van der Waals surface area contributed by atoms with E-state index in [-0.39, 0.29) is 16.9 Å². The maximum absolute atomic E-state index is 14.0. The number of halogens is 2. The van der Waals surface area contributed by atoms with Crippen LogP contribution in [0.5, 0.6) is 0 Å². The lowest BCUT2D eigenvalue weighted by molar-refractivity contribution is 0.585. The van der Waals surface area contributed by atoms with Crippen molar-refractivity contribution in [3.63, 3.8) is 0 Å². The van der Waals surface area contributed by atoms with E-state index < -0.39 is 11.6 Å². The van der Waals surface area contributed by atoms with Crippen molar-refractivity contribution in [1.29, 1.82) is 5.26 Å². The van der Waals surface area contributed by atoms with Crippen molar-refractivity contribution < 1.29 is 8.78 Å². The van der Waals surface area contributed by atoms with Crippen LogP contribution in [0, 0.1) is 23.0 Å². The van der Waals surface area contributed by atoms with Gasteiger partial charge in [0.15, 0.2) is 0 Å². The van der Waals surface area contributed by atoms with Crippen LogP contribution in [0.25, 0.3) is 11.1 Å². The number of fused-ring (bicyclic) bond motifs is 1. The Morgan fingerprint density at radius 3 is 2.75 bits per heavy atom. The van der Waals surface area contributed by atoms with E-state index in [1.54, 1.807) is 0 Å². The lowest BCUT2D eigenvalue weighted by Gasteiger charge is -2.13. The summed E-state index contributed by atoms with van der Waals surface area (Å²) >= 11 is 0. The fraction of sp³-hybridized carbons (Fsp3) is 0.200. The van der Waals surface area contributed by atoms with Gasteiger partial charge in [-0.2, -0.15) is 5.26 Å². The molecule has 0 bridgehead atoms. The SMILES string of the molecule is N#Cc1c(N)nc2c(c1-c1ccc(F)cc1F)CCC2. The van der Waals surface area contributed by atoms with Crippen LogP contribution in [-0.4, -0.2) is 4.98 Å². The van der Waals surface area contributed by atoms with Crippen molar-refractivity contribution >= 4 is 5.82 Å². The van der Waals surface area contributed by atoms with E-state index in [1.807, 2.05) is 6.07 Å². The van der Waals surface area contributed by atoms with Gasteiger partial charge in [0.05, 0.1) is 0 Å². The highest BCUT2D eigenvalue weighted by atomic mass is 19.1. The molecule has 0 spiro atoms. The monoisotopic (exact) mass is 271 g/mol. The maximum atomic E-state index is 14.0. The van der Waals surface area contributed by atoms with E-state index in [9.17, 15) is 14.0 Å². The highest BCUT2D eigenvalue weighted by Crippen LogP contribution is 2.37. The van der Waals surface area contributed by atoms with Gasteiger partial charge in [0, 0.05) is 22.9 Å². The van der Waals surface area contributed by atoms with Gasteiger partial charge in [0.2, 0.25) is 0 Å². The van der Waals surface area contributed by atoms with Crippen LogP contribution in [0.1, 0.15) is 23.2 Å². The van der Waals surface area contributed by atoms with Gasteiger partial charge in [-0.15, -0.1) is 0 Å². The van der Waals surface area contributed by atoms with Crippen LogP contribution in [-0.2, 0) is 12.8 Å². The van der Waals surface area contributed by atoms with Crippen molar-refractivity contribution in [2.45, 2.75) is 19.3 Å². The van der Waals surface area contributed by atoms with Crippen molar-refractivity contribution in [3.8, 4) is 17.2 Å². The Hall–Kier alpha value is -2.48. The second kappa shape index (κ2) is 4.57. The largest absolute Gasteiger partial charge is 0.383 e. The summed E-state index contributed by atoms with van der Waals surface area (Å²) in [5, 5.41) is 9.27. The van der Waals surface area contributed by atoms with Gasteiger partial charge < -0.3 is 5.73 Å². The molecule has 2 aromatic rings. The molecular weight excluding hydrogens is 260 g/mol. The van der Waals surface area contributed by atoms with Crippen molar-refractivity contribution in [3.05, 3.63) is 46.7 Å². The Balaban J connectivity index is 2.35. The highest BCUT2D eigenvalue weighted by Gasteiger charge is 2.24. The predicted molar refractivity (Wildman–Crippen MR) is 70.7 cm³/mol. The molecule has 0 atom stereocenters. The van der Waals surface area contributed by atoms with Gasteiger partial charge in [-0.3, -0.25) is 0 Å². The summed E-state index contributed by atoms with van der Waals surface area (Å²) in [6, 6.07) is 5.32. The first kappa shape index (κ1) is 12.5. The highest BCUT2D eigenvalue weighted by molar-refractivity contribution is 5.79. The summed E-state index contributed by atoms with van der Waals surface area (Å²) in [5.74, 6) is -1.24. The average Bonchev–Trinajstić information content (AvgIpc) is 2.85. The predicted octanol–water partition coefficient (Wildman–Crippen LogP) is 2.97. The second-order valence-electron chi connectivity index (χ2n) is 4.76. The number of anilines is 1. The van der Waals surface area contributed by atoms with Crippen molar-refractivity contribution in [2.75, 3.05) is 5.73 Å². The Labute approximate surface area is 114 Å². The summed E-state index contributed by atoms with van der Waals surface area (Å²) < 4.78 is 27.1. The zero-order valence-corrected chi connectivity index (χ0v) is 10.6. The number of benzene rings is 1. The van der Waals surface area contributed by atoms with E-state index in [2.05, 4.69) is 4.98 Å². The minimum absolute atomic E-state index is 0.104. The van der Waals surface area contributed by atoms with Crippen LogP contribution in [0.3, 0.4) is 0 Å². The Bertz CT molecular complexity index is 747. The number of hydrogen-bond acceptors (Lipinski definition) is 3. The molecule has 0 aliphatic heterocycles. The number of pyridine rings is 1. The normalized spacial score (nSPS) is 13.1. The third kappa shape index (κ3) is 1.81. The molecule has 3 rings (SSSR count). The summed E-state index contributed by atoms with van der Waals surface area (Å²) in [6.45, 7) is 0. The quantitative estimate of drug-likeness (QED) is 0.867. The smallest absolute Gasteiger partial charge is 0.142 e. The van der Waals surface area contributed by atoms with Crippen LogP contribution < -0.4 is 5.73 Å². The number of nitrogens with zero attached hydrogens (tertiary/aromatic N) is 2. The third-order valence-electron chi connectivity index (χ3n) is 3.56. The van der Waals surface area contributed by atoms with Crippen LogP contribution in [0.15, 0.2) is 18.2 Å². The molecule has 3 nitrogen and oxygen atoms in total. The summed E-state index contributed by atoms with van der Waals surface area (Å²) in [6.07, 6.45) is 2.39. The molecule has 1 heterocycles. The zero-order valence-electron chi connectivity index (χ0n) is 10.6. The van der Waals surface area contributed by atoms with Gasteiger partial charge in [0.1, 0.15) is 29.1 Å². The molecule has 0 radical (unpaired) electrons. The van der Waals surface area contributed by atoms with E-state index in [0.29, 0.717) is 5.56 Å². The summed E-state index contributed by atoms with van der Waals surface area (Å²) in [5.41, 5.74) is 8.28. The Morgan fingerprint density at radius 1 is 1.25 bits per heavy atom. The van der Waals surface area contributed by atoms with Crippen molar-refractivity contribution in [1.82, 2.24) is 4.98 Å². The molecule has 1 aromatic carbocycles. The van der Waals surface area contributed by atoms with E-state index >= 15 is 0 Å². The molecule has 100 valence electrons. The van der Waals surface area contributed by atoms with Gasteiger partial charge in [-0.05, 0) is 37.0 Å². The molecule has 0 fully saturated rings. The molecule has 1 aliphatic carbocycles. The average molecular weight is 271 g/mol. The van der Waals surface area contributed by atoms with Gasteiger partial charge >= 0.3 is 0 Å². The second-order valence-corrected chi connectivity index (χ2v) is 4.76. The fourth-order valence-electron chi connectivity index (χ4n) is 2.70. The lowest BCUT2D eigenvalue weighted by Crippen LogP contribution is -2.04. The number of nitrogens with two attached hydrogens (primary N) is 1. The van der Waals surface area contributed by atoms with E-state index in [0.717, 1.165) is 36.6 Å². The topological polar surface area (TPSA) is 62.7 Å². The third-order valence-corrected chi connectivity index (χ3v) is 3.56. The van der Waals surface area contributed by atoms with Crippen LogP contribution >= 0.6 is 0 Å². The van der Waals surface area contributed by atoms with Crippen LogP contribution in [0.4, 0.5) is 14.6 Å². The van der Waals surface area contributed by atoms with Gasteiger partial charge in [0.25, 0.3) is 0 Å². The minimum atomic E-state index is -0.693. The number of hydrogen-bond donors (Lipinski definition) is 1. The molecule has 1 aliphatic rings. The maximum Gasteiger partial charge on any atom is 0.142 e.